The third-order valence-electron chi connectivity index (χ3n) is 3.68. The Morgan fingerprint density at radius 3 is 2.55 bits per heavy atom. The lowest BCUT2D eigenvalue weighted by atomic mass is 10.1. The van der Waals surface area contributed by atoms with Crippen molar-refractivity contribution in [3.05, 3.63) is 35.9 Å². The monoisotopic (exact) mass is 291 g/mol. The van der Waals surface area contributed by atoms with E-state index in [2.05, 4.69) is 27.7 Å². The predicted octanol–water partition coefficient (Wildman–Crippen LogP) is 2.53. The zero-order valence-electron chi connectivity index (χ0n) is 12.1. The van der Waals surface area contributed by atoms with Crippen molar-refractivity contribution in [3.63, 3.8) is 0 Å². The van der Waals surface area contributed by atoms with Gasteiger partial charge in [0.1, 0.15) is 0 Å². The molecule has 1 aliphatic heterocycles. The first kappa shape index (κ1) is 15.3. The van der Waals surface area contributed by atoms with Crippen molar-refractivity contribution < 1.29 is 0 Å². The number of thiocarbonyl (C=S) groups is 1. The quantitative estimate of drug-likeness (QED) is 0.622. The van der Waals surface area contributed by atoms with Gasteiger partial charge in [-0.1, -0.05) is 36.8 Å². The number of likely N-dealkylation sites (tertiary alicyclic amines) is 1. The van der Waals surface area contributed by atoms with Gasteiger partial charge in [0.25, 0.3) is 0 Å². The van der Waals surface area contributed by atoms with Crippen molar-refractivity contribution in [2.45, 2.75) is 32.2 Å². The second kappa shape index (κ2) is 8.93. The molecule has 20 heavy (non-hydrogen) atoms. The Labute approximate surface area is 127 Å². The van der Waals surface area contributed by atoms with Gasteiger partial charge in [-0.2, -0.15) is 0 Å². The number of nitrogens with zero attached hydrogens (tertiary/aromatic N) is 1. The maximum Gasteiger partial charge on any atom is 0.166 e. The Morgan fingerprint density at radius 2 is 1.80 bits per heavy atom. The van der Waals surface area contributed by atoms with Gasteiger partial charge in [-0.05, 0) is 56.7 Å². The van der Waals surface area contributed by atoms with Crippen molar-refractivity contribution in [1.82, 2.24) is 15.5 Å². The van der Waals surface area contributed by atoms with E-state index in [4.69, 9.17) is 12.2 Å². The highest BCUT2D eigenvalue weighted by Gasteiger charge is 2.08. The summed E-state index contributed by atoms with van der Waals surface area (Å²) in [6.45, 7) is 5.48. The molecule has 1 aromatic carbocycles. The van der Waals surface area contributed by atoms with E-state index in [9.17, 15) is 0 Å². The fraction of sp³-hybridized carbons (Fsp3) is 0.562. The minimum Gasteiger partial charge on any atom is -0.363 e. The predicted molar refractivity (Wildman–Crippen MR) is 88.8 cm³/mol. The molecule has 3 nitrogen and oxygen atoms in total. The lowest BCUT2D eigenvalue weighted by Crippen LogP contribution is -2.37. The van der Waals surface area contributed by atoms with Crippen LogP contribution in [0.1, 0.15) is 31.2 Å². The molecule has 0 unspecified atom stereocenters. The van der Waals surface area contributed by atoms with Gasteiger partial charge in [-0.25, -0.2) is 0 Å². The number of hydrogen-bond acceptors (Lipinski definition) is 2. The van der Waals surface area contributed by atoms with E-state index in [1.54, 1.807) is 0 Å². The van der Waals surface area contributed by atoms with Crippen LogP contribution in [0.3, 0.4) is 0 Å². The van der Waals surface area contributed by atoms with Crippen LogP contribution in [0.5, 0.6) is 0 Å². The fourth-order valence-corrected chi connectivity index (χ4v) is 2.70. The van der Waals surface area contributed by atoms with Gasteiger partial charge in [0.15, 0.2) is 5.11 Å². The van der Waals surface area contributed by atoms with Crippen molar-refractivity contribution in [2.75, 3.05) is 26.2 Å². The molecule has 0 saturated carbocycles. The van der Waals surface area contributed by atoms with Gasteiger partial charge in [-0.3, -0.25) is 0 Å². The van der Waals surface area contributed by atoms with Gasteiger partial charge in [0.05, 0.1) is 0 Å². The summed E-state index contributed by atoms with van der Waals surface area (Å²) in [6, 6.07) is 10.3. The first-order valence-corrected chi connectivity index (χ1v) is 8.03. The maximum atomic E-state index is 5.29. The highest BCUT2D eigenvalue weighted by molar-refractivity contribution is 7.80. The molecule has 1 aliphatic rings. The van der Waals surface area contributed by atoms with Crippen molar-refractivity contribution in [3.8, 4) is 0 Å². The first-order valence-electron chi connectivity index (χ1n) is 7.62. The lowest BCUT2D eigenvalue weighted by molar-refractivity contribution is 0.227. The van der Waals surface area contributed by atoms with E-state index in [0.29, 0.717) is 0 Å². The minimum absolute atomic E-state index is 0.757. The van der Waals surface area contributed by atoms with E-state index in [-0.39, 0.29) is 0 Å². The highest BCUT2D eigenvalue weighted by Crippen LogP contribution is 2.08. The summed E-state index contributed by atoms with van der Waals surface area (Å²) in [4.78, 5) is 2.56. The lowest BCUT2D eigenvalue weighted by Gasteiger charge is -2.26. The smallest absolute Gasteiger partial charge is 0.166 e. The third-order valence-corrected chi connectivity index (χ3v) is 3.97. The van der Waals surface area contributed by atoms with Crippen LogP contribution in [0.2, 0.25) is 0 Å². The SMILES string of the molecule is S=C(NCCCN1CCCCC1)NCc1ccccc1. The van der Waals surface area contributed by atoms with Crippen LogP contribution in [-0.2, 0) is 6.54 Å². The molecular weight excluding hydrogens is 266 g/mol. The second-order valence-corrected chi connectivity index (χ2v) is 5.76. The molecule has 2 rings (SSSR count). The molecule has 0 aliphatic carbocycles. The Kier molecular flexibility index (Phi) is 6.81. The van der Waals surface area contributed by atoms with Gasteiger partial charge in [0, 0.05) is 13.1 Å². The molecule has 1 aromatic rings. The first-order chi connectivity index (χ1) is 9.84. The summed E-state index contributed by atoms with van der Waals surface area (Å²) in [5, 5.41) is 7.29. The Balaban J connectivity index is 1.51. The van der Waals surface area contributed by atoms with E-state index < -0.39 is 0 Å². The van der Waals surface area contributed by atoms with Crippen LogP contribution >= 0.6 is 12.2 Å². The molecule has 0 bridgehead atoms. The van der Waals surface area contributed by atoms with Gasteiger partial charge < -0.3 is 15.5 Å². The highest BCUT2D eigenvalue weighted by atomic mass is 32.1. The molecule has 0 atom stereocenters. The molecule has 2 N–H and O–H groups in total. The van der Waals surface area contributed by atoms with Crippen LogP contribution in [-0.4, -0.2) is 36.2 Å². The minimum atomic E-state index is 0.757. The van der Waals surface area contributed by atoms with Crippen LogP contribution in [0, 0.1) is 0 Å². The summed E-state index contributed by atoms with van der Waals surface area (Å²) >= 11 is 5.29. The Bertz CT molecular complexity index is 388. The zero-order chi connectivity index (χ0) is 14.0. The zero-order valence-corrected chi connectivity index (χ0v) is 12.9. The number of hydrogen-bond donors (Lipinski definition) is 2. The fourth-order valence-electron chi connectivity index (χ4n) is 2.53. The summed E-state index contributed by atoms with van der Waals surface area (Å²) in [7, 11) is 0. The molecule has 0 amide bonds. The van der Waals surface area contributed by atoms with E-state index >= 15 is 0 Å². The number of rotatable bonds is 6. The summed E-state index contributed by atoms with van der Waals surface area (Å²) < 4.78 is 0. The van der Waals surface area contributed by atoms with Crippen molar-refractivity contribution in [2.24, 2.45) is 0 Å². The molecule has 1 saturated heterocycles. The molecule has 110 valence electrons. The van der Waals surface area contributed by atoms with E-state index in [1.807, 2.05) is 18.2 Å². The standard InChI is InChI=1S/C16H25N3S/c20-16(18-14-15-8-3-1-4-9-15)17-10-7-13-19-11-5-2-6-12-19/h1,3-4,8-9H,2,5-7,10-14H2,(H2,17,18,20). The Morgan fingerprint density at radius 1 is 1.05 bits per heavy atom. The largest absolute Gasteiger partial charge is 0.363 e. The molecule has 0 aromatic heterocycles. The number of piperidine rings is 1. The molecule has 4 heteroatoms. The summed E-state index contributed by atoms with van der Waals surface area (Å²) in [5.74, 6) is 0. The normalized spacial score (nSPS) is 15.8. The molecular formula is C16H25N3S. The van der Waals surface area contributed by atoms with Gasteiger partial charge >= 0.3 is 0 Å². The van der Waals surface area contributed by atoms with Gasteiger partial charge in [0.2, 0.25) is 0 Å². The molecule has 0 spiro atoms. The number of nitrogens with one attached hydrogen (secondary N) is 2. The van der Waals surface area contributed by atoms with Crippen LogP contribution in [0.15, 0.2) is 30.3 Å². The molecule has 1 fully saturated rings. The average molecular weight is 291 g/mol. The van der Waals surface area contributed by atoms with Gasteiger partial charge in [-0.15, -0.1) is 0 Å². The van der Waals surface area contributed by atoms with Crippen molar-refractivity contribution >= 4 is 17.3 Å². The average Bonchev–Trinajstić information content (AvgIpc) is 2.52. The summed E-state index contributed by atoms with van der Waals surface area (Å²) in [6.07, 6.45) is 5.30. The number of benzene rings is 1. The van der Waals surface area contributed by atoms with Crippen LogP contribution in [0.25, 0.3) is 0 Å². The second-order valence-electron chi connectivity index (χ2n) is 5.35. The maximum absolute atomic E-state index is 5.29. The van der Waals surface area contributed by atoms with Crippen LogP contribution in [0.4, 0.5) is 0 Å². The van der Waals surface area contributed by atoms with Crippen LogP contribution < -0.4 is 10.6 Å². The summed E-state index contributed by atoms with van der Waals surface area (Å²) in [5.41, 5.74) is 1.25. The van der Waals surface area contributed by atoms with Crippen molar-refractivity contribution in [1.29, 1.82) is 0 Å². The topological polar surface area (TPSA) is 27.3 Å². The molecule has 0 radical (unpaired) electrons. The molecule has 1 heterocycles. The third kappa shape index (κ3) is 5.88. The van der Waals surface area contributed by atoms with E-state index in [1.165, 1.54) is 44.5 Å². The van der Waals surface area contributed by atoms with E-state index in [0.717, 1.165) is 24.6 Å². The Hall–Kier alpha value is -1.13.